The average Bonchev–Trinajstić information content (AvgIpc) is 3.25. The van der Waals surface area contributed by atoms with Gasteiger partial charge in [-0.25, -0.2) is 0 Å². The van der Waals surface area contributed by atoms with Crippen molar-refractivity contribution in [2.45, 2.75) is 58.0 Å². The summed E-state index contributed by atoms with van der Waals surface area (Å²) in [5.74, 6) is 0.0766. The van der Waals surface area contributed by atoms with Gasteiger partial charge in [-0.15, -0.1) is 0 Å². The van der Waals surface area contributed by atoms with Gasteiger partial charge in [0.05, 0.1) is 5.92 Å². The largest absolute Gasteiger partial charge is 0.484 e. The van der Waals surface area contributed by atoms with E-state index in [0.29, 0.717) is 18.8 Å². The average molecular weight is 478 g/mol. The number of nitrogens with one attached hydrogen (secondary N) is 1. The molecular formula is C28H35N3O4. The highest BCUT2D eigenvalue weighted by Crippen LogP contribution is 2.27. The molecule has 3 atom stereocenters. The molecule has 2 saturated heterocycles. The third kappa shape index (κ3) is 6.21. The van der Waals surface area contributed by atoms with Crippen LogP contribution in [0.4, 0.5) is 5.69 Å². The fourth-order valence-electron chi connectivity index (χ4n) is 5.11. The van der Waals surface area contributed by atoms with E-state index >= 15 is 0 Å². The SMILES string of the molecule is C[C@@H]1CCC[C@@H](C)N1C(=O)COc1ccc(N2C[C@@H](C(=O)NCCc3ccccc3)CC2=O)cc1. The highest BCUT2D eigenvalue weighted by Gasteiger charge is 2.35. The van der Waals surface area contributed by atoms with Crippen molar-refractivity contribution in [3.63, 3.8) is 0 Å². The molecule has 2 aliphatic heterocycles. The Morgan fingerprint density at radius 2 is 1.69 bits per heavy atom. The summed E-state index contributed by atoms with van der Waals surface area (Å²) in [6.45, 7) is 5.09. The number of likely N-dealkylation sites (tertiary alicyclic amines) is 1. The van der Waals surface area contributed by atoms with E-state index in [2.05, 4.69) is 19.2 Å². The van der Waals surface area contributed by atoms with E-state index in [-0.39, 0.29) is 48.8 Å². The topological polar surface area (TPSA) is 79.0 Å². The number of hydrogen-bond acceptors (Lipinski definition) is 4. The summed E-state index contributed by atoms with van der Waals surface area (Å²) in [5.41, 5.74) is 1.90. The van der Waals surface area contributed by atoms with Gasteiger partial charge in [0.1, 0.15) is 5.75 Å². The lowest BCUT2D eigenvalue weighted by Gasteiger charge is -2.38. The molecule has 7 nitrogen and oxygen atoms in total. The number of carbonyl (C=O) groups excluding carboxylic acids is 3. The Balaban J connectivity index is 1.26. The van der Waals surface area contributed by atoms with Gasteiger partial charge in [-0.05, 0) is 69.4 Å². The zero-order valence-corrected chi connectivity index (χ0v) is 20.6. The minimum absolute atomic E-state index is 0.00188. The third-order valence-corrected chi connectivity index (χ3v) is 7.04. The van der Waals surface area contributed by atoms with Gasteiger partial charge in [0.15, 0.2) is 6.61 Å². The van der Waals surface area contributed by atoms with E-state index in [1.54, 1.807) is 29.2 Å². The molecule has 2 heterocycles. The van der Waals surface area contributed by atoms with Crippen LogP contribution in [0.5, 0.6) is 5.75 Å². The van der Waals surface area contributed by atoms with Gasteiger partial charge in [0.25, 0.3) is 5.91 Å². The lowest BCUT2D eigenvalue weighted by molar-refractivity contribution is -0.139. The summed E-state index contributed by atoms with van der Waals surface area (Å²) in [7, 11) is 0. The van der Waals surface area contributed by atoms with Crippen LogP contribution in [0.3, 0.4) is 0 Å². The van der Waals surface area contributed by atoms with Crippen LogP contribution in [0.1, 0.15) is 45.1 Å². The Morgan fingerprint density at radius 1 is 1.00 bits per heavy atom. The molecule has 1 N–H and O–H groups in total. The molecule has 0 aliphatic carbocycles. The quantitative estimate of drug-likeness (QED) is 0.631. The van der Waals surface area contributed by atoms with E-state index in [0.717, 1.165) is 31.4 Å². The van der Waals surface area contributed by atoms with Crippen LogP contribution in [0.15, 0.2) is 54.6 Å². The molecule has 0 bridgehead atoms. The predicted octanol–water partition coefficient (Wildman–Crippen LogP) is 3.57. The van der Waals surface area contributed by atoms with Crippen molar-refractivity contribution >= 4 is 23.4 Å². The molecular weight excluding hydrogens is 442 g/mol. The maximum Gasteiger partial charge on any atom is 0.260 e. The number of hydrogen-bond donors (Lipinski definition) is 1. The first-order chi connectivity index (χ1) is 16.9. The van der Waals surface area contributed by atoms with E-state index in [1.165, 1.54) is 5.56 Å². The first kappa shape index (κ1) is 24.8. The fraction of sp³-hybridized carbons (Fsp3) is 0.464. The zero-order valence-electron chi connectivity index (χ0n) is 20.6. The summed E-state index contributed by atoms with van der Waals surface area (Å²) in [6, 6.07) is 17.6. The molecule has 2 aromatic rings. The number of anilines is 1. The van der Waals surface area contributed by atoms with Crippen LogP contribution in [0, 0.1) is 5.92 Å². The van der Waals surface area contributed by atoms with Crippen LogP contribution in [-0.2, 0) is 20.8 Å². The molecule has 2 aromatic carbocycles. The van der Waals surface area contributed by atoms with Crippen LogP contribution in [-0.4, -0.2) is 54.4 Å². The Bertz CT molecular complexity index is 1010. The standard InChI is InChI=1S/C28H35N3O4/c1-20-7-6-8-21(2)31(20)27(33)19-35-25-13-11-24(12-14-25)30-18-23(17-26(30)32)28(34)29-16-15-22-9-4-3-5-10-22/h3-5,9-14,20-21,23H,6-8,15-19H2,1-2H3,(H,29,34)/t20-,21-,23+/m1/s1. The summed E-state index contributed by atoms with van der Waals surface area (Å²) in [6.07, 6.45) is 4.17. The van der Waals surface area contributed by atoms with Crippen molar-refractivity contribution in [1.29, 1.82) is 0 Å². The Morgan fingerprint density at radius 3 is 2.37 bits per heavy atom. The first-order valence-electron chi connectivity index (χ1n) is 12.6. The molecule has 7 heteroatoms. The van der Waals surface area contributed by atoms with Crippen LogP contribution in [0.25, 0.3) is 0 Å². The number of piperidine rings is 1. The lowest BCUT2D eigenvalue weighted by Crippen LogP contribution is -2.49. The van der Waals surface area contributed by atoms with Gasteiger partial charge in [-0.1, -0.05) is 30.3 Å². The number of nitrogens with zero attached hydrogens (tertiary/aromatic N) is 2. The summed E-state index contributed by atoms with van der Waals surface area (Å²) in [4.78, 5) is 41.4. The van der Waals surface area contributed by atoms with E-state index < -0.39 is 0 Å². The molecule has 0 unspecified atom stereocenters. The number of carbonyl (C=O) groups is 3. The van der Waals surface area contributed by atoms with Crippen molar-refractivity contribution in [2.24, 2.45) is 5.92 Å². The number of ether oxygens (including phenoxy) is 1. The zero-order chi connectivity index (χ0) is 24.8. The second kappa shape index (κ2) is 11.4. The second-order valence-electron chi connectivity index (χ2n) is 9.64. The van der Waals surface area contributed by atoms with Gasteiger partial charge in [-0.2, -0.15) is 0 Å². The van der Waals surface area contributed by atoms with Crippen molar-refractivity contribution in [2.75, 3.05) is 24.6 Å². The molecule has 0 spiro atoms. The smallest absolute Gasteiger partial charge is 0.260 e. The minimum atomic E-state index is -0.361. The molecule has 2 aliphatic rings. The van der Waals surface area contributed by atoms with Crippen LogP contribution >= 0.6 is 0 Å². The van der Waals surface area contributed by atoms with Gasteiger partial charge in [0, 0.05) is 37.3 Å². The van der Waals surface area contributed by atoms with Gasteiger partial charge in [0.2, 0.25) is 11.8 Å². The molecule has 0 radical (unpaired) electrons. The number of benzene rings is 2. The summed E-state index contributed by atoms with van der Waals surface area (Å²) >= 11 is 0. The monoisotopic (exact) mass is 477 g/mol. The maximum atomic E-state index is 12.7. The van der Waals surface area contributed by atoms with E-state index in [9.17, 15) is 14.4 Å². The van der Waals surface area contributed by atoms with Gasteiger partial charge >= 0.3 is 0 Å². The molecule has 0 aromatic heterocycles. The molecule has 186 valence electrons. The minimum Gasteiger partial charge on any atom is -0.484 e. The first-order valence-corrected chi connectivity index (χ1v) is 12.6. The maximum absolute atomic E-state index is 12.7. The Hall–Kier alpha value is -3.35. The molecule has 35 heavy (non-hydrogen) atoms. The van der Waals surface area contributed by atoms with Gasteiger partial charge in [-0.3, -0.25) is 14.4 Å². The molecule has 4 rings (SSSR count). The normalized spacial score (nSPS) is 22.2. The second-order valence-corrected chi connectivity index (χ2v) is 9.64. The molecule has 3 amide bonds. The number of rotatable bonds is 8. The summed E-state index contributed by atoms with van der Waals surface area (Å²) in [5, 5.41) is 2.96. The lowest BCUT2D eigenvalue weighted by atomic mass is 9.97. The van der Waals surface area contributed by atoms with Crippen molar-refractivity contribution in [1.82, 2.24) is 10.2 Å². The van der Waals surface area contributed by atoms with Gasteiger partial charge < -0.3 is 19.9 Å². The van der Waals surface area contributed by atoms with Crippen molar-refractivity contribution in [3.05, 3.63) is 60.2 Å². The Labute approximate surface area is 207 Å². The third-order valence-electron chi connectivity index (χ3n) is 7.04. The van der Waals surface area contributed by atoms with E-state index in [4.69, 9.17) is 4.74 Å². The molecule has 2 fully saturated rings. The predicted molar refractivity (Wildman–Crippen MR) is 135 cm³/mol. The van der Waals surface area contributed by atoms with Crippen molar-refractivity contribution < 1.29 is 19.1 Å². The summed E-state index contributed by atoms with van der Waals surface area (Å²) < 4.78 is 5.74. The molecule has 0 saturated carbocycles. The Kier molecular flexibility index (Phi) is 8.06. The highest BCUT2D eigenvalue weighted by atomic mass is 16.5. The van der Waals surface area contributed by atoms with Crippen LogP contribution in [0.2, 0.25) is 0 Å². The fourth-order valence-corrected chi connectivity index (χ4v) is 5.11. The van der Waals surface area contributed by atoms with Crippen molar-refractivity contribution in [3.8, 4) is 5.75 Å². The van der Waals surface area contributed by atoms with Crippen LogP contribution < -0.4 is 15.0 Å². The highest BCUT2D eigenvalue weighted by molar-refractivity contribution is 6.00. The number of amides is 3. The van der Waals surface area contributed by atoms with E-state index in [1.807, 2.05) is 35.2 Å².